The smallest absolute Gasteiger partial charge is 0.306 e. The fourth-order valence-corrected chi connectivity index (χ4v) is 2.68. The zero-order chi connectivity index (χ0) is 18.2. The molecule has 1 atom stereocenters. The quantitative estimate of drug-likeness (QED) is 0.739. The first kappa shape index (κ1) is 17.9. The zero-order valence-electron chi connectivity index (χ0n) is 14.6. The average molecular weight is 354 g/mol. The maximum Gasteiger partial charge on any atom is 0.306 e. The molecule has 0 aliphatic carbocycles. The number of nitrogens with zero attached hydrogens (tertiary/aromatic N) is 2. The molecule has 3 rings (SSSR count). The van der Waals surface area contributed by atoms with Crippen molar-refractivity contribution in [3.05, 3.63) is 60.2 Å². The lowest BCUT2D eigenvalue weighted by Gasteiger charge is -2.23. The molecule has 1 unspecified atom stereocenters. The van der Waals surface area contributed by atoms with Crippen LogP contribution >= 0.6 is 0 Å². The molecule has 2 aromatic rings. The standard InChI is InChI=1S/C19H22N4O3/c1-2-25-18(24)5-4-14-10-15(19-21-7-3-8-22-19)12-16(11-14)26-17-6-9-20-13-23-17/h3,6-7,9-13,19,21-22H,2,4-5,8H2,1H3. The average Bonchev–Trinajstić information content (AvgIpc) is 2.68. The molecule has 1 aromatic carbocycles. The maximum atomic E-state index is 11.7. The third-order valence-electron chi connectivity index (χ3n) is 3.84. The molecule has 0 radical (unpaired) electrons. The van der Waals surface area contributed by atoms with Crippen molar-refractivity contribution in [1.29, 1.82) is 0 Å². The summed E-state index contributed by atoms with van der Waals surface area (Å²) >= 11 is 0. The summed E-state index contributed by atoms with van der Waals surface area (Å²) in [6.07, 6.45) is 7.90. The summed E-state index contributed by atoms with van der Waals surface area (Å²) in [4.78, 5) is 19.7. The van der Waals surface area contributed by atoms with Crippen LogP contribution in [-0.4, -0.2) is 29.1 Å². The number of benzene rings is 1. The number of rotatable bonds is 7. The van der Waals surface area contributed by atoms with Crippen molar-refractivity contribution in [2.45, 2.75) is 25.9 Å². The van der Waals surface area contributed by atoms with Crippen molar-refractivity contribution < 1.29 is 14.3 Å². The number of carbonyl (C=O) groups excluding carboxylic acids is 1. The Bertz CT molecular complexity index is 765. The minimum atomic E-state index is -0.201. The van der Waals surface area contributed by atoms with Gasteiger partial charge in [0, 0.05) is 25.2 Å². The Labute approximate surface area is 152 Å². The van der Waals surface area contributed by atoms with Crippen LogP contribution in [-0.2, 0) is 16.0 Å². The second-order valence-electron chi connectivity index (χ2n) is 5.78. The van der Waals surface area contributed by atoms with Crippen LogP contribution in [0, 0.1) is 0 Å². The minimum absolute atomic E-state index is 0.0182. The highest BCUT2D eigenvalue weighted by atomic mass is 16.5. The highest BCUT2D eigenvalue weighted by Crippen LogP contribution is 2.26. The van der Waals surface area contributed by atoms with Gasteiger partial charge in [0.25, 0.3) is 0 Å². The number of esters is 1. The maximum absolute atomic E-state index is 11.7. The van der Waals surface area contributed by atoms with E-state index < -0.39 is 0 Å². The van der Waals surface area contributed by atoms with E-state index in [1.54, 1.807) is 19.2 Å². The van der Waals surface area contributed by atoms with E-state index in [1.807, 2.05) is 24.4 Å². The third-order valence-corrected chi connectivity index (χ3v) is 3.84. The molecule has 7 heteroatoms. The molecule has 1 aliphatic rings. The molecule has 136 valence electrons. The van der Waals surface area contributed by atoms with E-state index in [4.69, 9.17) is 9.47 Å². The van der Waals surface area contributed by atoms with E-state index in [2.05, 4.69) is 26.7 Å². The fourth-order valence-electron chi connectivity index (χ4n) is 2.68. The van der Waals surface area contributed by atoms with Crippen LogP contribution in [0.5, 0.6) is 11.6 Å². The van der Waals surface area contributed by atoms with Gasteiger partial charge >= 0.3 is 5.97 Å². The van der Waals surface area contributed by atoms with Crippen molar-refractivity contribution in [2.75, 3.05) is 13.2 Å². The number of aromatic nitrogens is 2. The Morgan fingerprint density at radius 2 is 2.27 bits per heavy atom. The van der Waals surface area contributed by atoms with Gasteiger partial charge in [-0.3, -0.25) is 10.1 Å². The Kier molecular flexibility index (Phi) is 6.16. The summed E-state index contributed by atoms with van der Waals surface area (Å²) in [5, 5.41) is 6.64. The molecular formula is C19H22N4O3. The van der Waals surface area contributed by atoms with Gasteiger partial charge in [-0.2, -0.15) is 0 Å². The zero-order valence-corrected chi connectivity index (χ0v) is 14.6. The summed E-state index contributed by atoms with van der Waals surface area (Å²) in [7, 11) is 0. The number of hydrogen-bond donors (Lipinski definition) is 2. The summed E-state index contributed by atoms with van der Waals surface area (Å²) in [6.45, 7) is 2.98. The molecule has 0 amide bonds. The van der Waals surface area contributed by atoms with Gasteiger partial charge in [0.05, 0.1) is 6.61 Å². The number of aryl methyl sites for hydroxylation is 1. The van der Waals surface area contributed by atoms with E-state index >= 15 is 0 Å². The lowest BCUT2D eigenvalue weighted by Crippen LogP contribution is -2.34. The first-order valence-electron chi connectivity index (χ1n) is 8.62. The number of carbonyl (C=O) groups is 1. The van der Waals surface area contributed by atoms with Gasteiger partial charge in [-0.15, -0.1) is 0 Å². The minimum Gasteiger partial charge on any atom is -0.466 e. The Balaban J connectivity index is 1.81. The van der Waals surface area contributed by atoms with Gasteiger partial charge in [-0.1, -0.05) is 12.1 Å². The lowest BCUT2D eigenvalue weighted by atomic mass is 10.0. The van der Waals surface area contributed by atoms with Gasteiger partial charge in [-0.25, -0.2) is 9.97 Å². The third kappa shape index (κ3) is 5.03. The second kappa shape index (κ2) is 8.96. The van der Waals surface area contributed by atoms with E-state index in [-0.39, 0.29) is 12.1 Å². The van der Waals surface area contributed by atoms with Crippen molar-refractivity contribution >= 4 is 5.97 Å². The molecule has 2 heterocycles. The molecule has 0 bridgehead atoms. The molecular weight excluding hydrogens is 332 g/mol. The summed E-state index contributed by atoms with van der Waals surface area (Å²) < 4.78 is 10.9. The van der Waals surface area contributed by atoms with Crippen LogP contribution < -0.4 is 15.4 Å². The van der Waals surface area contributed by atoms with Crippen LogP contribution in [0.3, 0.4) is 0 Å². The largest absolute Gasteiger partial charge is 0.466 e. The van der Waals surface area contributed by atoms with Crippen LogP contribution in [0.25, 0.3) is 0 Å². The molecule has 0 spiro atoms. The lowest BCUT2D eigenvalue weighted by molar-refractivity contribution is -0.143. The highest BCUT2D eigenvalue weighted by molar-refractivity contribution is 5.69. The number of ether oxygens (including phenoxy) is 2. The topological polar surface area (TPSA) is 85.4 Å². The molecule has 0 fully saturated rings. The highest BCUT2D eigenvalue weighted by Gasteiger charge is 2.14. The number of nitrogens with one attached hydrogen (secondary N) is 2. The predicted octanol–water partition coefficient (Wildman–Crippen LogP) is 2.47. The van der Waals surface area contributed by atoms with Crippen LogP contribution in [0.4, 0.5) is 0 Å². The molecule has 1 aliphatic heterocycles. The molecule has 26 heavy (non-hydrogen) atoms. The fraction of sp³-hybridized carbons (Fsp3) is 0.316. The Hall–Kier alpha value is -2.93. The first-order valence-corrected chi connectivity index (χ1v) is 8.62. The van der Waals surface area contributed by atoms with Gasteiger partial charge in [0.1, 0.15) is 18.2 Å². The van der Waals surface area contributed by atoms with E-state index in [9.17, 15) is 4.79 Å². The molecule has 2 N–H and O–H groups in total. The van der Waals surface area contributed by atoms with E-state index in [1.165, 1.54) is 6.33 Å². The molecule has 0 saturated carbocycles. The van der Waals surface area contributed by atoms with Crippen molar-refractivity contribution in [1.82, 2.24) is 20.6 Å². The van der Waals surface area contributed by atoms with Gasteiger partial charge in [0.2, 0.25) is 5.88 Å². The molecule has 1 aromatic heterocycles. The first-order chi connectivity index (χ1) is 12.7. The van der Waals surface area contributed by atoms with Crippen LogP contribution in [0.15, 0.2) is 49.1 Å². The summed E-state index contributed by atoms with van der Waals surface area (Å²) in [5.74, 6) is 0.934. The van der Waals surface area contributed by atoms with Crippen molar-refractivity contribution in [2.24, 2.45) is 0 Å². The second-order valence-corrected chi connectivity index (χ2v) is 5.78. The predicted molar refractivity (Wildman–Crippen MR) is 96.5 cm³/mol. The van der Waals surface area contributed by atoms with Gasteiger partial charge in [0.15, 0.2) is 0 Å². The van der Waals surface area contributed by atoms with Gasteiger partial charge < -0.3 is 14.8 Å². The van der Waals surface area contributed by atoms with E-state index in [0.29, 0.717) is 31.1 Å². The summed E-state index contributed by atoms with van der Waals surface area (Å²) in [6, 6.07) is 7.64. The van der Waals surface area contributed by atoms with Gasteiger partial charge in [-0.05, 0) is 42.8 Å². The van der Waals surface area contributed by atoms with Crippen LogP contribution in [0.1, 0.15) is 30.6 Å². The SMILES string of the molecule is CCOC(=O)CCc1cc(Oc2ccncn2)cc(C2NC=CCN2)c1. The Morgan fingerprint density at radius 1 is 1.35 bits per heavy atom. The van der Waals surface area contributed by atoms with E-state index in [0.717, 1.165) is 17.7 Å². The molecule has 7 nitrogen and oxygen atoms in total. The van der Waals surface area contributed by atoms with Crippen molar-refractivity contribution in [3.63, 3.8) is 0 Å². The molecule has 0 saturated heterocycles. The summed E-state index contributed by atoms with van der Waals surface area (Å²) in [5.41, 5.74) is 2.03. The Morgan fingerprint density at radius 3 is 3.00 bits per heavy atom. The van der Waals surface area contributed by atoms with Crippen LogP contribution in [0.2, 0.25) is 0 Å². The normalized spacial score (nSPS) is 16.0. The number of hydrogen-bond acceptors (Lipinski definition) is 7. The van der Waals surface area contributed by atoms with Crippen molar-refractivity contribution in [3.8, 4) is 11.6 Å². The monoisotopic (exact) mass is 354 g/mol.